The molecule has 0 bridgehead atoms. The fourth-order valence-corrected chi connectivity index (χ4v) is 2.84. The summed E-state index contributed by atoms with van der Waals surface area (Å²) in [6, 6.07) is 14.9. The molecule has 5 nitrogen and oxygen atoms in total. The van der Waals surface area contributed by atoms with Crippen LogP contribution in [-0.2, 0) is 11.2 Å². The summed E-state index contributed by atoms with van der Waals surface area (Å²) >= 11 is 0. The minimum absolute atomic E-state index is 0. The number of nitrogens with zero attached hydrogens (tertiary/aromatic N) is 1. The van der Waals surface area contributed by atoms with E-state index in [0.29, 0.717) is 18.5 Å². The number of carbonyl (C=O) groups is 2. The van der Waals surface area contributed by atoms with E-state index in [1.807, 2.05) is 36.4 Å². The van der Waals surface area contributed by atoms with Crippen LogP contribution < -0.4 is 16.0 Å². The molecule has 2 aromatic rings. The Hall–Kier alpha value is -2.53. The van der Waals surface area contributed by atoms with E-state index in [-0.39, 0.29) is 24.2 Å². The molecule has 6 heteroatoms. The van der Waals surface area contributed by atoms with Gasteiger partial charge in [-0.1, -0.05) is 18.2 Å². The third kappa shape index (κ3) is 4.73. The van der Waals surface area contributed by atoms with E-state index in [1.54, 1.807) is 17.0 Å². The summed E-state index contributed by atoms with van der Waals surface area (Å²) in [5.74, 6) is -0.00477. The van der Waals surface area contributed by atoms with Gasteiger partial charge in [0.1, 0.15) is 0 Å². The number of carbonyl (C=O) groups excluding carboxylic acids is 2. The number of nitrogens with one attached hydrogen (secondary N) is 1. The minimum atomic E-state index is -0.126. The molecule has 1 fully saturated rings. The van der Waals surface area contributed by atoms with Crippen molar-refractivity contribution < 1.29 is 9.59 Å². The summed E-state index contributed by atoms with van der Waals surface area (Å²) in [5, 5.41) is 2.92. The molecule has 0 spiro atoms. The van der Waals surface area contributed by atoms with Gasteiger partial charge in [0.25, 0.3) is 5.91 Å². The van der Waals surface area contributed by atoms with Crippen molar-refractivity contribution in [1.29, 1.82) is 0 Å². The van der Waals surface area contributed by atoms with Gasteiger partial charge in [0.2, 0.25) is 5.91 Å². The molecule has 1 heterocycles. The summed E-state index contributed by atoms with van der Waals surface area (Å²) in [7, 11) is 0. The van der Waals surface area contributed by atoms with Crippen molar-refractivity contribution in [1.82, 2.24) is 5.32 Å². The highest BCUT2D eigenvalue weighted by molar-refractivity contribution is 5.99. The monoisotopic (exact) mass is 359 g/mol. The van der Waals surface area contributed by atoms with Crippen molar-refractivity contribution in [3.05, 3.63) is 59.7 Å². The Labute approximate surface area is 153 Å². The molecule has 2 aromatic carbocycles. The summed E-state index contributed by atoms with van der Waals surface area (Å²) in [4.78, 5) is 25.9. The van der Waals surface area contributed by atoms with Crippen LogP contribution in [0.15, 0.2) is 48.5 Å². The molecule has 25 heavy (non-hydrogen) atoms. The Morgan fingerprint density at radius 2 is 1.92 bits per heavy atom. The number of benzene rings is 2. The lowest BCUT2D eigenvalue weighted by molar-refractivity contribution is -0.117. The van der Waals surface area contributed by atoms with Gasteiger partial charge in [-0.05, 0) is 48.7 Å². The lowest BCUT2D eigenvalue weighted by Crippen LogP contribution is -2.27. The van der Waals surface area contributed by atoms with E-state index in [9.17, 15) is 9.59 Å². The molecule has 0 aliphatic carbocycles. The molecule has 0 radical (unpaired) electrons. The van der Waals surface area contributed by atoms with Crippen molar-refractivity contribution in [3.8, 4) is 0 Å². The van der Waals surface area contributed by atoms with Gasteiger partial charge in [0.15, 0.2) is 0 Å². The average molecular weight is 360 g/mol. The van der Waals surface area contributed by atoms with E-state index < -0.39 is 0 Å². The van der Waals surface area contributed by atoms with Crippen LogP contribution in [0.3, 0.4) is 0 Å². The second kappa shape index (κ2) is 8.53. The van der Waals surface area contributed by atoms with Crippen molar-refractivity contribution in [2.75, 3.05) is 23.7 Å². The standard InChI is InChI=1S/C19H21N3O2.ClH/c20-16-8-6-14(7-9-16)10-11-21-19(24)15-3-1-4-17(13-15)22-12-2-5-18(22)23;/h1,3-4,6-9,13H,2,5,10-12,20H2,(H,21,24);1H. The van der Waals surface area contributed by atoms with Gasteiger partial charge < -0.3 is 16.0 Å². The van der Waals surface area contributed by atoms with E-state index in [1.165, 1.54) is 0 Å². The molecule has 0 aromatic heterocycles. The Morgan fingerprint density at radius 1 is 1.16 bits per heavy atom. The zero-order valence-electron chi connectivity index (χ0n) is 13.9. The number of halogens is 1. The molecule has 1 aliphatic heterocycles. The lowest BCUT2D eigenvalue weighted by atomic mass is 10.1. The minimum Gasteiger partial charge on any atom is -0.399 e. The molecular formula is C19H22ClN3O2. The van der Waals surface area contributed by atoms with E-state index in [0.717, 1.165) is 36.3 Å². The van der Waals surface area contributed by atoms with Crippen LogP contribution in [0.25, 0.3) is 0 Å². The lowest BCUT2D eigenvalue weighted by Gasteiger charge is -2.16. The second-order valence-electron chi connectivity index (χ2n) is 5.95. The summed E-state index contributed by atoms with van der Waals surface area (Å²) in [6.45, 7) is 1.27. The molecule has 0 saturated carbocycles. The summed E-state index contributed by atoms with van der Waals surface area (Å²) < 4.78 is 0. The number of hydrogen-bond acceptors (Lipinski definition) is 3. The zero-order chi connectivity index (χ0) is 16.9. The third-order valence-electron chi connectivity index (χ3n) is 4.17. The largest absolute Gasteiger partial charge is 0.399 e. The number of amides is 2. The van der Waals surface area contributed by atoms with Crippen LogP contribution in [0.1, 0.15) is 28.8 Å². The zero-order valence-corrected chi connectivity index (χ0v) is 14.7. The first kappa shape index (κ1) is 18.8. The highest BCUT2D eigenvalue weighted by Crippen LogP contribution is 2.22. The van der Waals surface area contributed by atoms with E-state index in [4.69, 9.17) is 5.73 Å². The predicted molar refractivity (Wildman–Crippen MR) is 102 cm³/mol. The van der Waals surface area contributed by atoms with E-state index in [2.05, 4.69) is 5.32 Å². The van der Waals surface area contributed by atoms with Crippen LogP contribution in [-0.4, -0.2) is 24.9 Å². The van der Waals surface area contributed by atoms with Crippen molar-refractivity contribution in [2.45, 2.75) is 19.3 Å². The normalized spacial score (nSPS) is 13.4. The van der Waals surface area contributed by atoms with Crippen LogP contribution in [0.5, 0.6) is 0 Å². The topological polar surface area (TPSA) is 75.4 Å². The summed E-state index contributed by atoms with van der Waals surface area (Å²) in [6.07, 6.45) is 2.20. The maximum atomic E-state index is 12.3. The molecule has 2 amide bonds. The van der Waals surface area contributed by atoms with Crippen molar-refractivity contribution >= 4 is 35.6 Å². The van der Waals surface area contributed by atoms with Gasteiger partial charge in [-0.15, -0.1) is 12.4 Å². The Morgan fingerprint density at radius 3 is 2.60 bits per heavy atom. The van der Waals surface area contributed by atoms with Crippen molar-refractivity contribution in [2.24, 2.45) is 0 Å². The van der Waals surface area contributed by atoms with Crippen LogP contribution in [0.4, 0.5) is 11.4 Å². The van der Waals surface area contributed by atoms with Crippen molar-refractivity contribution in [3.63, 3.8) is 0 Å². The number of nitrogens with two attached hydrogens (primary N) is 1. The fourth-order valence-electron chi connectivity index (χ4n) is 2.84. The molecule has 0 unspecified atom stereocenters. The predicted octanol–water partition coefficient (Wildman–Crippen LogP) is 2.79. The number of anilines is 2. The SMILES string of the molecule is Cl.Nc1ccc(CCNC(=O)c2cccc(N3CCCC3=O)c2)cc1. The van der Waals surface area contributed by atoms with Gasteiger partial charge in [-0.3, -0.25) is 9.59 Å². The summed E-state index contributed by atoms with van der Waals surface area (Å²) in [5.41, 5.74) is 8.88. The number of hydrogen-bond donors (Lipinski definition) is 2. The fraction of sp³-hybridized carbons (Fsp3) is 0.263. The molecule has 1 aliphatic rings. The Bertz CT molecular complexity index is 747. The maximum Gasteiger partial charge on any atom is 0.251 e. The molecule has 132 valence electrons. The Kier molecular flexibility index (Phi) is 6.42. The van der Waals surface area contributed by atoms with E-state index >= 15 is 0 Å². The van der Waals surface area contributed by atoms with Gasteiger partial charge in [-0.25, -0.2) is 0 Å². The first-order valence-electron chi connectivity index (χ1n) is 8.16. The average Bonchev–Trinajstić information content (AvgIpc) is 3.03. The quantitative estimate of drug-likeness (QED) is 0.806. The molecule has 3 N–H and O–H groups in total. The second-order valence-corrected chi connectivity index (χ2v) is 5.95. The number of nitrogen functional groups attached to an aromatic ring is 1. The third-order valence-corrected chi connectivity index (χ3v) is 4.17. The maximum absolute atomic E-state index is 12.3. The highest BCUT2D eigenvalue weighted by Gasteiger charge is 2.22. The van der Waals surface area contributed by atoms with Gasteiger partial charge in [0.05, 0.1) is 0 Å². The van der Waals surface area contributed by atoms with Gasteiger partial charge >= 0.3 is 0 Å². The first-order chi connectivity index (χ1) is 11.6. The van der Waals surface area contributed by atoms with Gasteiger partial charge in [-0.2, -0.15) is 0 Å². The Balaban J connectivity index is 0.00000225. The molecule has 3 rings (SSSR count). The van der Waals surface area contributed by atoms with Gasteiger partial charge in [0, 0.05) is 36.4 Å². The smallest absolute Gasteiger partial charge is 0.251 e. The van der Waals surface area contributed by atoms with Crippen LogP contribution >= 0.6 is 12.4 Å². The molecule has 0 atom stereocenters. The molecule has 1 saturated heterocycles. The van der Waals surface area contributed by atoms with Crippen LogP contribution in [0, 0.1) is 0 Å². The number of rotatable bonds is 5. The first-order valence-corrected chi connectivity index (χ1v) is 8.16. The van der Waals surface area contributed by atoms with Crippen LogP contribution in [0.2, 0.25) is 0 Å². The highest BCUT2D eigenvalue weighted by atomic mass is 35.5. The molecular weight excluding hydrogens is 338 g/mol.